The van der Waals surface area contributed by atoms with E-state index in [1.807, 2.05) is 6.92 Å². The van der Waals surface area contributed by atoms with Crippen molar-refractivity contribution in [2.75, 3.05) is 17.6 Å². The van der Waals surface area contributed by atoms with Crippen molar-refractivity contribution in [3.8, 4) is 0 Å². The lowest BCUT2D eigenvalue weighted by Gasteiger charge is -2.23. The molecule has 2 aliphatic carbocycles. The van der Waals surface area contributed by atoms with E-state index in [0.29, 0.717) is 23.2 Å². The maximum atomic E-state index is 12.5. The fraction of sp³-hybridized carbons (Fsp3) is 0.588. The predicted octanol–water partition coefficient (Wildman–Crippen LogP) is 2.31. The third kappa shape index (κ3) is 3.22. The van der Waals surface area contributed by atoms with Crippen LogP contribution < -0.4 is 9.62 Å². The molecule has 0 spiro atoms. The first kappa shape index (κ1) is 16.3. The van der Waals surface area contributed by atoms with Gasteiger partial charge in [-0.3, -0.25) is 9.10 Å². The zero-order chi connectivity index (χ0) is 16.8. The summed E-state index contributed by atoms with van der Waals surface area (Å²) in [6.45, 7) is 1.82. The van der Waals surface area contributed by atoms with Crippen LogP contribution in [0.4, 0.5) is 5.69 Å². The summed E-state index contributed by atoms with van der Waals surface area (Å²) in [7, 11) is -1.78. The Labute approximate surface area is 138 Å². The highest BCUT2D eigenvalue weighted by molar-refractivity contribution is 7.92. The number of carbonyl (C=O) groups is 1. The second kappa shape index (κ2) is 5.82. The number of carbonyl (C=O) groups excluding carboxylic acids is 1. The lowest BCUT2D eigenvalue weighted by Crippen LogP contribution is -2.38. The van der Waals surface area contributed by atoms with Gasteiger partial charge in [-0.25, -0.2) is 8.42 Å². The van der Waals surface area contributed by atoms with Gasteiger partial charge in [-0.05, 0) is 61.8 Å². The number of sulfonamides is 1. The summed E-state index contributed by atoms with van der Waals surface area (Å²) in [4.78, 5) is 12.5. The van der Waals surface area contributed by atoms with Gasteiger partial charge in [0.1, 0.15) is 0 Å². The molecule has 0 aliphatic heterocycles. The molecule has 23 heavy (non-hydrogen) atoms. The Balaban J connectivity index is 1.73. The zero-order valence-electron chi connectivity index (χ0n) is 13.9. The highest BCUT2D eigenvalue weighted by atomic mass is 32.2. The second-order valence-electron chi connectivity index (χ2n) is 6.99. The average Bonchev–Trinajstić information content (AvgIpc) is 3.08. The maximum Gasteiger partial charge on any atom is 0.251 e. The lowest BCUT2D eigenvalue weighted by atomic mass is 9.95. The van der Waals surface area contributed by atoms with Gasteiger partial charge < -0.3 is 5.32 Å². The normalized spacial score (nSPS) is 26.3. The van der Waals surface area contributed by atoms with Crippen molar-refractivity contribution in [3.05, 3.63) is 29.3 Å². The molecule has 0 radical (unpaired) electrons. The van der Waals surface area contributed by atoms with Crippen LogP contribution in [0.1, 0.15) is 41.6 Å². The minimum absolute atomic E-state index is 0.0563. The molecule has 1 amide bonds. The second-order valence-corrected chi connectivity index (χ2v) is 9.00. The van der Waals surface area contributed by atoms with Crippen LogP contribution in [0.5, 0.6) is 0 Å². The molecule has 3 atom stereocenters. The number of nitrogens with zero attached hydrogens (tertiary/aromatic N) is 1. The first-order valence-corrected chi connectivity index (χ1v) is 9.96. The van der Waals surface area contributed by atoms with Gasteiger partial charge in [0.2, 0.25) is 10.0 Å². The number of hydrogen-bond donors (Lipinski definition) is 1. The van der Waals surface area contributed by atoms with E-state index in [1.165, 1.54) is 36.9 Å². The first-order valence-electron chi connectivity index (χ1n) is 8.11. The van der Waals surface area contributed by atoms with Crippen LogP contribution in [0.2, 0.25) is 0 Å². The molecule has 1 aromatic carbocycles. The number of hydrogen-bond acceptors (Lipinski definition) is 3. The van der Waals surface area contributed by atoms with Crippen LogP contribution in [-0.2, 0) is 10.0 Å². The van der Waals surface area contributed by atoms with E-state index in [0.717, 1.165) is 17.9 Å². The van der Waals surface area contributed by atoms with E-state index in [-0.39, 0.29) is 5.91 Å². The zero-order valence-corrected chi connectivity index (χ0v) is 14.7. The fourth-order valence-electron chi connectivity index (χ4n) is 4.00. The van der Waals surface area contributed by atoms with Crippen molar-refractivity contribution in [1.29, 1.82) is 0 Å². The van der Waals surface area contributed by atoms with Crippen LogP contribution in [-0.4, -0.2) is 33.7 Å². The van der Waals surface area contributed by atoms with Gasteiger partial charge in [0.15, 0.2) is 0 Å². The van der Waals surface area contributed by atoms with E-state index >= 15 is 0 Å². The summed E-state index contributed by atoms with van der Waals surface area (Å²) in [5.41, 5.74) is 1.97. The first-order chi connectivity index (χ1) is 10.8. The minimum atomic E-state index is -3.30. The number of rotatable bonds is 4. The fourth-order valence-corrected chi connectivity index (χ4v) is 4.56. The molecule has 6 heteroatoms. The Morgan fingerprint density at radius 3 is 2.52 bits per heavy atom. The molecule has 2 fully saturated rings. The van der Waals surface area contributed by atoms with Crippen LogP contribution in [0.25, 0.3) is 0 Å². The molecule has 0 saturated heterocycles. The van der Waals surface area contributed by atoms with E-state index in [1.54, 1.807) is 18.2 Å². The monoisotopic (exact) mass is 336 g/mol. The molecular formula is C17H24N2O3S. The number of nitrogens with one attached hydrogen (secondary N) is 1. The van der Waals surface area contributed by atoms with Crippen molar-refractivity contribution >= 4 is 21.6 Å². The summed E-state index contributed by atoms with van der Waals surface area (Å²) >= 11 is 0. The van der Waals surface area contributed by atoms with E-state index in [9.17, 15) is 13.2 Å². The molecule has 0 aromatic heterocycles. The van der Waals surface area contributed by atoms with Crippen molar-refractivity contribution < 1.29 is 13.2 Å². The average molecular weight is 336 g/mol. The van der Waals surface area contributed by atoms with E-state index in [4.69, 9.17) is 0 Å². The molecule has 0 heterocycles. The van der Waals surface area contributed by atoms with Gasteiger partial charge in [0.25, 0.3) is 5.91 Å². The largest absolute Gasteiger partial charge is 0.349 e. The van der Waals surface area contributed by atoms with Crippen LogP contribution in [0, 0.1) is 18.8 Å². The molecular weight excluding hydrogens is 312 g/mol. The number of benzene rings is 1. The van der Waals surface area contributed by atoms with Crippen molar-refractivity contribution in [2.24, 2.45) is 11.8 Å². The van der Waals surface area contributed by atoms with E-state index in [2.05, 4.69) is 5.32 Å². The summed E-state index contributed by atoms with van der Waals surface area (Å²) < 4.78 is 24.5. The SMILES string of the molecule is Cc1cc(C(=O)N[C@@H]2C[C@H]3CC[C@H]2C3)ccc1N(C)S(C)(=O)=O. The molecule has 2 aliphatic rings. The van der Waals surface area contributed by atoms with E-state index < -0.39 is 10.0 Å². The third-order valence-corrected chi connectivity index (χ3v) is 6.54. The summed E-state index contributed by atoms with van der Waals surface area (Å²) in [5.74, 6) is 1.37. The Kier molecular flexibility index (Phi) is 4.12. The Morgan fingerprint density at radius 1 is 1.26 bits per heavy atom. The smallest absolute Gasteiger partial charge is 0.251 e. The minimum Gasteiger partial charge on any atom is -0.349 e. The van der Waals surface area contributed by atoms with Gasteiger partial charge in [0, 0.05) is 18.7 Å². The van der Waals surface area contributed by atoms with Crippen LogP contribution in [0.3, 0.4) is 0 Å². The number of aryl methyl sites for hydroxylation is 1. The number of amides is 1. The molecule has 126 valence electrons. The predicted molar refractivity (Wildman–Crippen MR) is 91.1 cm³/mol. The van der Waals surface area contributed by atoms with Crippen molar-refractivity contribution in [3.63, 3.8) is 0 Å². The molecule has 2 saturated carbocycles. The number of anilines is 1. The van der Waals surface area contributed by atoms with Gasteiger partial charge in [-0.1, -0.05) is 6.42 Å². The summed E-state index contributed by atoms with van der Waals surface area (Å²) in [5, 5.41) is 3.16. The van der Waals surface area contributed by atoms with Crippen molar-refractivity contribution in [2.45, 2.75) is 38.6 Å². The molecule has 5 nitrogen and oxygen atoms in total. The van der Waals surface area contributed by atoms with Crippen LogP contribution in [0.15, 0.2) is 18.2 Å². The highest BCUT2D eigenvalue weighted by Gasteiger charge is 2.40. The Morgan fingerprint density at radius 2 is 2.00 bits per heavy atom. The highest BCUT2D eigenvalue weighted by Crippen LogP contribution is 2.44. The molecule has 1 aromatic rings. The Hall–Kier alpha value is -1.56. The quantitative estimate of drug-likeness (QED) is 0.917. The standard InChI is InChI=1S/C17H24N2O3S/c1-11-8-14(6-7-16(11)19(2)23(3,21)22)17(20)18-15-10-12-4-5-13(15)9-12/h6-8,12-13,15H,4-5,9-10H2,1-3H3,(H,18,20)/t12-,13-,15+/m0/s1. The topological polar surface area (TPSA) is 66.5 Å². The molecule has 3 rings (SSSR count). The van der Waals surface area contributed by atoms with Crippen molar-refractivity contribution in [1.82, 2.24) is 5.32 Å². The summed E-state index contributed by atoms with van der Waals surface area (Å²) in [6.07, 6.45) is 6.06. The summed E-state index contributed by atoms with van der Waals surface area (Å²) in [6, 6.07) is 5.47. The molecule has 2 bridgehead atoms. The van der Waals surface area contributed by atoms with Gasteiger partial charge in [-0.15, -0.1) is 0 Å². The van der Waals surface area contributed by atoms with Crippen LogP contribution >= 0.6 is 0 Å². The van der Waals surface area contributed by atoms with Gasteiger partial charge >= 0.3 is 0 Å². The number of fused-ring (bicyclic) bond motifs is 2. The maximum absolute atomic E-state index is 12.5. The third-order valence-electron chi connectivity index (χ3n) is 5.35. The Bertz CT molecular complexity index is 729. The van der Waals surface area contributed by atoms with Gasteiger partial charge in [0.05, 0.1) is 11.9 Å². The van der Waals surface area contributed by atoms with Gasteiger partial charge in [-0.2, -0.15) is 0 Å². The molecule has 0 unspecified atom stereocenters. The lowest BCUT2D eigenvalue weighted by molar-refractivity contribution is 0.0923. The molecule has 1 N–H and O–H groups in total.